The van der Waals surface area contributed by atoms with Crippen molar-refractivity contribution in [2.45, 2.75) is 26.3 Å². The molecule has 2 N–H and O–H groups in total. The number of hydrogen-bond donors (Lipinski definition) is 1. The predicted molar refractivity (Wildman–Crippen MR) is 61.6 cm³/mol. The van der Waals surface area contributed by atoms with E-state index in [1.165, 1.54) is 6.07 Å². The molecule has 0 saturated carbocycles. The molecule has 4 nitrogen and oxygen atoms in total. The van der Waals surface area contributed by atoms with Crippen molar-refractivity contribution >= 4 is 0 Å². The van der Waals surface area contributed by atoms with Crippen LogP contribution in [-0.2, 0) is 5.54 Å². The van der Waals surface area contributed by atoms with Gasteiger partial charge in [0.1, 0.15) is 5.82 Å². The summed E-state index contributed by atoms with van der Waals surface area (Å²) < 4.78 is 18.6. The molecule has 1 aromatic heterocycles. The van der Waals surface area contributed by atoms with Crippen molar-refractivity contribution in [3.63, 3.8) is 0 Å². The van der Waals surface area contributed by atoms with Crippen molar-refractivity contribution in [3.8, 4) is 11.5 Å². The van der Waals surface area contributed by atoms with E-state index in [-0.39, 0.29) is 11.7 Å². The molecule has 0 amide bonds. The maximum absolute atomic E-state index is 13.6. The quantitative estimate of drug-likeness (QED) is 0.867. The second-order valence-electron chi connectivity index (χ2n) is 4.63. The highest BCUT2D eigenvalue weighted by molar-refractivity contribution is 5.55. The van der Waals surface area contributed by atoms with Crippen molar-refractivity contribution in [3.05, 3.63) is 35.4 Å². The summed E-state index contributed by atoms with van der Waals surface area (Å²) in [6.45, 7) is 5.38. The Kier molecular flexibility index (Phi) is 2.71. The second-order valence-corrected chi connectivity index (χ2v) is 4.63. The van der Waals surface area contributed by atoms with Gasteiger partial charge in [-0.1, -0.05) is 16.8 Å². The van der Waals surface area contributed by atoms with E-state index in [2.05, 4.69) is 10.1 Å². The third-order valence-electron chi connectivity index (χ3n) is 2.35. The lowest BCUT2D eigenvalue weighted by Gasteiger charge is -2.11. The summed E-state index contributed by atoms with van der Waals surface area (Å²) >= 11 is 0. The van der Waals surface area contributed by atoms with E-state index in [0.29, 0.717) is 11.4 Å². The molecule has 0 aliphatic carbocycles. The fourth-order valence-electron chi connectivity index (χ4n) is 1.40. The molecule has 2 aromatic rings. The van der Waals surface area contributed by atoms with E-state index in [1.54, 1.807) is 26.0 Å². The average Bonchev–Trinajstić information content (AvgIpc) is 2.70. The SMILES string of the molecule is Cc1ccc(F)c(-c2nc(C(C)(C)N)no2)c1. The van der Waals surface area contributed by atoms with Gasteiger partial charge in [-0.25, -0.2) is 4.39 Å². The Morgan fingerprint density at radius 3 is 2.65 bits per heavy atom. The smallest absolute Gasteiger partial charge is 0.260 e. The molecule has 1 heterocycles. The maximum Gasteiger partial charge on any atom is 0.260 e. The minimum absolute atomic E-state index is 0.153. The number of aromatic nitrogens is 2. The van der Waals surface area contributed by atoms with Gasteiger partial charge in [-0.2, -0.15) is 4.98 Å². The standard InChI is InChI=1S/C12H14FN3O/c1-7-4-5-9(13)8(6-7)10-15-11(16-17-10)12(2,3)14/h4-6H,14H2,1-3H3. The molecule has 0 spiro atoms. The first-order valence-corrected chi connectivity index (χ1v) is 5.27. The average molecular weight is 235 g/mol. The Bertz CT molecular complexity index is 543. The van der Waals surface area contributed by atoms with E-state index < -0.39 is 5.54 Å². The highest BCUT2D eigenvalue weighted by Gasteiger charge is 2.23. The zero-order chi connectivity index (χ0) is 12.6. The number of halogens is 1. The number of aryl methyl sites for hydroxylation is 1. The van der Waals surface area contributed by atoms with Crippen LogP contribution in [0.25, 0.3) is 11.5 Å². The highest BCUT2D eigenvalue weighted by atomic mass is 19.1. The Morgan fingerprint density at radius 1 is 1.35 bits per heavy atom. The van der Waals surface area contributed by atoms with Crippen molar-refractivity contribution < 1.29 is 8.91 Å². The van der Waals surface area contributed by atoms with Crippen LogP contribution < -0.4 is 5.73 Å². The third-order valence-corrected chi connectivity index (χ3v) is 2.35. The highest BCUT2D eigenvalue weighted by Crippen LogP contribution is 2.24. The molecule has 0 saturated heterocycles. The predicted octanol–water partition coefficient (Wildman–Crippen LogP) is 2.38. The van der Waals surface area contributed by atoms with Crippen molar-refractivity contribution in [2.24, 2.45) is 5.73 Å². The third kappa shape index (κ3) is 2.34. The van der Waals surface area contributed by atoms with E-state index >= 15 is 0 Å². The van der Waals surface area contributed by atoms with Gasteiger partial charge in [0.05, 0.1) is 11.1 Å². The number of rotatable bonds is 2. The molecule has 2 rings (SSSR count). The molecular weight excluding hydrogens is 221 g/mol. The van der Waals surface area contributed by atoms with Crippen LogP contribution in [-0.4, -0.2) is 10.1 Å². The van der Waals surface area contributed by atoms with Crippen LogP contribution in [0.4, 0.5) is 4.39 Å². The number of benzene rings is 1. The lowest BCUT2D eigenvalue weighted by atomic mass is 10.1. The minimum Gasteiger partial charge on any atom is -0.334 e. The van der Waals surface area contributed by atoms with Gasteiger partial charge >= 0.3 is 0 Å². The van der Waals surface area contributed by atoms with Gasteiger partial charge in [0.2, 0.25) is 0 Å². The van der Waals surface area contributed by atoms with Crippen molar-refractivity contribution in [1.29, 1.82) is 0 Å². The second kappa shape index (κ2) is 3.92. The molecule has 90 valence electrons. The summed E-state index contributed by atoms with van der Waals surface area (Å²) in [6.07, 6.45) is 0. The summed E-state index contributed by atoms with van der Waals surface area (Å²) in [6, 6.07) is 4.72. The Labute approximate surface area is 98.6 Å². The van der Waals surface area contributed by atoms with Gasteiger partial charge in [0.25, 0.3) is 5.89 Å². The van der Waals surface area contributed by atoms with Gasteiger partial charge in [-0.05, 0) is 32.9 Å². The molecule has 0 aliphatic rings. The maximum atomic E-state index is 13.6. The molecule has 0 aliphatic heterocycles. The van der Waals surface area contributed by atoms with Crippen LogP contribution in [0.2, 0.25) is 0 Å². The fourth-order valence-corrected chi connectivity index (χ4v) is 1.40. The van der Waals surface area contributed by atoms with Crippen LogP contribution in [0.1, 0.15) is 25.2 Å². The van der Waals surface area contributed by atoms with E-state index in [9.17, 15) is 4.39 Å². The first-order valence-electron chi connectivity index (χ1n) is 5.27. The van der Waals surface area contributed by atoms with Crippen molar-refractivity contribution in [2.75, 3.05) is 0 Å². The molecule has 5 heteroatoms. The lowest BCUT2D eigenvalue weighted by molar-refractivity contribution is 0.396. The monoisotopic (exact) mass is 235 g/mol. The van der Waals surface area contributed by atoms with Crippen molar-refractivity contribution in [1.82, 2.24) is 10.1 Å². The number of hydrogen-bond acceptors (Lipinski definition) is 4. The number of nitrogens with two attached hydrogens (primary N) is 1. The zero-order valence-electron chi connectivity index (χ0n) is 9.99. The summed E-state index contributed by atoms with van der Waals surface area (Å²) in [5.41, 5.74) is 6.35. The normalized spacial score (nSPS) is 11.8. The summed E-state index contributed by atoms with van der Waals surface area (Å²) in [5, 5.41) is 3.76. The summed E-state index contributed by atoms with van der Waals surface area (Å²) in [4.78, 5) is 4.11. The van der Waals surface area contributed by atoms with Gasteiger partial charge in [0, 0.05) is 0 Å². The zero-order valence-corrected chi connectivity index (χ0v) is 9.99. The molecular formula is C12H14FN3O. The number of nitrogens with zero attached hydrogens (tertiary/aromatic N) is 2. The van der Waals surface area contributed by atoms with Crippen LogP contribution >= 0.6 is 0 Å². The minimum atomic E-state index is -0.706. The van der Waals surface area contributed by atoms with Crippen LogP contribution in [0, 0.1) is 12.7 Å². The topological polar surface area (TPSA) is 64.9 Å². The van der Waals surface area contributed by atoms with Gasteiger partial charge in [-0.3, -0.25) is 0 Å². The molecule has 1 aromatic carbocycles. The first kappa shape index (κ1) is 11.7. The Balaban J connectivity index is 2.47. The largest absolute Gasteiger partial charge is 0.334 e. The molecule has 0 bridgehead atoms. The summed E-state index contributed by atoms with van der Waals surface area (Å²) in [7, 11) is 0. The van der Waals surface area contributed by atoms with Crippen LogP contribution in [0.15, 0.2) is 22.7 Å². The first-order chi connectivity index (χ1) is 7.88. The Hall–Kier alpha value is -1.75. The van der Waals surface area contributed by atoms with E-state index in [0.717, 1.165) is 5.56 Å². The van der Waals surface area contributed by atoms with Crippen LogP contribution in [0.5, 0.6) is 0 Å². The van der Waals surface area contributed by atoms with E-state index in [1.807, 2.05) is 6.92 Å². The molecule has 0 fully saturated rings. The molecule has 17 heavy (non-hydrogen) atoms. The summed E-state index contributed by atoms with van der Waals surface area (Å²) in [5.74, 6) is 0.119. The Morgan fingerprint density at radius 2 is 2.06 bits per heavy atom. The van der Waals surface area contributed by atoms with Gasteiger partial charge < -0.3 is 10.3 Å². The van der Waals surface area contributed by atoms with Gasteiger partial charge in [0.15, 0.2) is 5.82 Å². The molecule has 0 radical (unpaired) electrons. The van der Waals surface area contributed by atoms with E-state index in [4.69, 9.17) is 10.3 Å². The molecule has 0 atom stereocenters. The molecule has 0 unspecified atom stereocenters. The van der Waals surface area contributed by atoms with Crippen LogP contribution in [0.3, 0.4) is 0 Å². The lowest BCUT2D eigenvalue weighted by Crippen LogP contribution is -2.30. The fraction of sp³-hybridized carbons (Fsp3) is 0.333. The van der Waals surface area contributed by atoms with Gasteiger partial charge in [-0.15, -0.1) is 0 Å².